The van der Waals surface area contributed by atoms with E-state index in [9.17, 15) is 35.9 Å². The number of rotatable bonds is 5. The molecule has 210 valence electrons. The molecule has 0 spiro atoms. The highest BCUT2D eigenvalue weighted by molar-refractivity contribution is 5.81. The van der Waals surface area contributed by atoms with E-state index >= 15 is 0 Å². The highest BCUT2D eigenvalue weighted by Gasteiger charge is 2.47. The maximum absolute atomic E-state index is 12.6. The second-order valence-corrected chi connectivity index (χ2v) is 9.00. The Kier molecular flexibility index (Phi) is 11.3. The molecule has 2 aromatic rings. The van der Waals surface area contributed by atoms with Crippen LogP contribution in [0.2, 0.25) is 0 Å². The van der Waals surface area contributed by atoms with Crippen molar-refractivity contribution < 1.29 is 40.7 Å². The van der Waals surface area contributed by atoms with Crippen molar-refractivity contribution >= 4 is 17.5 Å². The monoisotopic (exact) mass is 541 g/mol. The second-order valence-electron chi connectivity index (χ2n) is 9.00. The fraction of sp³-hybridized carbons (Fsp3) is 0.652. The molecule has 0 aromatic carbocycles. The van der Waals surface area contributed by atoms with Crippen LogP contribution in [0.15, 0.2) is 18.5 Å². The minimum absolute atomic E-state index is 0.135. The Hall–Kier alpha value is -2.90. The average Bonchev–Trinajstić information content (AvgIpc) is 3.36. The number of hydrogen-bond acceptors (Lipinski definition) is 6. The van der Waals surface area contributed by atoms with Crippen molar-refractivity contribution in [3.05, 3.63) is 29.7 Å². The van der Waals surface area contributed by atoms with Crippen LogP contribution in [0.25, 0.3) is 5.65 Å². The predicted octanol–water partition coefficient (Wildman–Crippen LogP) is 4.35. The van der Waals surface area contributed by atoms with Gasteiger partial charge in [0, 0.05) is 19.4 Å². The van der Waals surface area contributed by atoms with Crippen LogP contribution in [-0.2, 0) is 27.3 Å². The number of carbonyl (C=O) groups is 2. The summed E-state index contributed by atoms with van der Waals surface area (Å²) in [6.45, 7) is 7.87. The van der Waals surface area contributed by atoms with E-state index in [-0.39, 0.29) is 31.8 Å². The van der Waals surface area contributed by atoms with Gasteiger partial charge in [-0.1, -0.05) is 20.8 Å². The van der Waals surface area contributed by atoms with Crippen molar-refractivity contribution in [3.8, 4) is 0 Å². The molecule has 2 unspecified atom stereocenters. The minimum Gasteiger partial charge on any atom is -0.466 e. The number of aromatic nitrogens is 3. The fourth-order valence-corrected chi connectivity index (χ4v) is 2.99. The van der Waals surface area contributed by atoms with Crippen LogP contribution in [-0.4, -0.2) is 51.5 Å². The number of imidazole rings is 1. The summed E-state index contributed by atoms with van der Waals surface area (Å²) in [6, 6.07) is -0.0580. The molecule has 3 heterocycles. The highest BCUT2D eigenvalue weighted by atomic mass is 19.4. The lowest BCUT2D eigenvalue weighted by Gasteiger charge is -2.25. The molecule has 2 aromatic heterocycles. The largest absolute Gasteiger partial charge is 0.466 e. The van der Waals surface area contributed by atoms with E-state index < -0.39 is 35.6 Å². The third-order valence-electron chi connectivity index (χ3n) is 5.72. The number of halogens is 6. The smallest absolute Gasteiger partial charge is 0.408 e. The van der Waals surface area contributed by atoms with Crippen molar-refractivity contribution in [2.45, 2.75) is 78.8 Å². The maximum Gasteiger partial charge on any atom is 0.408 e. The summed E-state index contributed by atoms with van der Waals surface area (Å²) in [5, 5.41) is 6.12. The summed E-state index contributed by atoms with van der Waals surface area (Å²) in [7, 11) is 0. The van der Waals surface area contributed by atoms with Gasteiger partial charge in [-0.2, -0.15) is 31.4 Å². The van der Waals surface area contributed by atoms with Crippen LogP contribution in [0.5, 0.6) is 0 Å². The van der Waals surface area contributed by atoms with Gasteiger partial charge in [-0.3, -0.25) is 9.59 Å². The standard InChI is InChI=1S/C13H14F3N5O.C6H11F3.C4H8O2/c14-13(15,16)10-3-8(12(22)20-10)1-7-2-11-19-9(4-17)6-21(11)18-5-7;1-4-5(2,3)6(7,8)9;1-3-6-4(2)5/h2,5-6,8,10H,1,3-4,17H2,(H,20,22);4H2,1-3H3;3H2,1-2H3. The van der Waals surface area contributed by atoms with Gasteiger partial charge in [0.2, 0.25) is 5.91 Å². The maximum atomic E-state index is 12.6. The van der Waals surface area contributed by atoms with E-state index in [0.717, 1.165) is 0 Å². The molecule has 0 bridgehead atoms. The number of esters is 1. The van der Waals surface area contributed by atoms with E-state index in [1.807, 2.05) is 5.32 Å². The van der Waals surface area contributed by atoms with Gasteiger partial charge in [0.25, 0.3) is 0 Å². The van der Waals surface area contributed by atoms with E-state index in [1.165, 1.54) is 33.9 Å². The topological polar surface area (TPSA) is 112 Å². The number of carbonyl (C=O) groups excluding carboxylic acids is 2. The number of nitrogens with zero attached hydrogens (tertiary/aromatic N) is 3. The van der Waals surface area contributed by atoms with Crippen LogP contribution in [0.3, 0.4) is 0 Å². The summed E-state index contributed by atoms with van der Waals surface area (Å²) >= 11 is 0. The van der Waals surface area contributed by atoms with Gasteiger partial charge in [-0.15, -0.1) is 0 Å². The van der Waals surface area contributed by atoms with Crippen LogP contribution in [0.4, 0.5) is 26.3 Å². The quantitative estimate of drug-likeness (QED) is 0.430. The fourth-order valence-electron chi connectivity index (χ4n) is 2.99. The number of amides is 1. The molecule has 1 fully saturated rings. The zero-order valence-electron chi connectivity index (χ0n) is 21.3. The first-order valence-electron chi connectivity index (χ1n) is 11.6. The summed E-state index contributed by atoms with van der Waals surface area (Å²) in [6.07, 6.45) is -5.17. The molecule has 0 saturated carbocycles. The zero-order valence-corrected chi connectivity index (χ0v) is 21.3. The molecule has 0 radical (unpaired) electrons. The Morgan fingerprint density at radius 2 is 1.84 bits per heavy atom. The SMILES string of the molecule is CCC(C)(C)C(F)(F)F.CCOC(C)=O.NCc1cn2ncc(CC3CC(C(F)(F)F)NC3=O)cc2n1. The molecule has 2 atom stereocenters. The average molecular weight is 542 g/mol. The summed E-state index contributed by atoms with van der Waals surface area (Å²) in [5.41, 5.74) is 5.87. The number of alkyl halides is 6. The lowest BCUT2D eigenvalue weighted by atomic mass is 9.90. The Morgan fingerprint density at radius 1 is 1.22 bits per heavy atom. The van der Waals surface area contributed by atoms with Crippen LogP contribution in [0, 0.1) is 11.3 Å². The van der Waals surface area contributed by atoms with Gasteiger partial charge in [-0.05, 0) is 37.8 Å². The summed E-state index contributed by atoms with van der Waals surface area (Å²) in [4.78, 5) is 25.7. The molecule has 1 saturated heterocycles. The van der Waals surface area contributed by atoms with Crippen LogP contribution in [0.1, 0.15) is 58.7 Å². The molecule has 3 rings (SSSR count). The molecule has 1 aliphatic rings. The summed E-state index contributed by atoms with van der Waals surface area (Å²) < 4.78 is 79.4. The molecule has 0 aliphatic carbocycles. The van der Waals surface area contributed by atoms with Gasteiger partial charge in [0.1, 0.15) is 6.04 Å². The van der Waals surface area contributed by atoms with Gasteiger partial charge in [0.15, 0.2) is 5.65 Å². The van der Waals surface area contributed by atoms with Crippen molar-refractivity contribution in [2.24, 2.45) is 17.1 Å². The Morgan fingerprint density at radius 3 is 2.22 bits per heavy atom. The normalized spacial score (nSPS) is 17.9. The van der Waals surface area contributed by atoms with Crippen LogP contribution >= 0.6 is 0 Å². The molecular weight excluding hydrogens is 508 g/mol. The predicted molar refractivity (Wildman–Crippen MR) is 123 cm³/mol. The number of nitrogens with one attached hydrogen (secondary N) is 1. The molecule has 37 heavy (non-hydrogen) atoms. The molecule has 8 nitrogen and oxygen atoms in total. The van der Waals surface area contributed by atoms with Gasteiger partial charge in [0.05, 0.1) is 30.1 Å². The zero-order chi connectivity index (χ0) is 28.6. The number of fused-ring (bicyclic) bond motifs is 1. The third kappa shape index (κ3) is 9.82. The van der Waals surface area contributed by atoms with Gasteiger partial charge >= 0.3 is 18.3 Å². The Bertz CT molecular complexity index is 1040. The first-order valence-corrected chi connectivity index (χ1v) is 11.6. The molecular formula is C23H33F6N5O3. The lowest BCUT2D eigenvalue weighted by molar-refractivity contribution is -0.212. The molecule has 1 aliphatic heterocycles. The molecule has 1 amide bonds. The van der Waals surface area contributed by atoms with Gasteiger partial charge in [-0.25, -0.2) is 9.50 Å². The van der Waals surface area contributed by atoms with E-state index in [4.69, 9.17) is 5.73 Å². The van der Waals surface area contributed by atoms with Crippen molar-refractivity contribution in [1.82, 2.24) is 19.9 Å². The number of ether oxygens (including phenoxy) is 1. The third-order valence-corrected chi connectivity index (χ3v) is 5.72. The van der Waals surface area contributed by atoms with Gasteiger partial charge < -0.3 is 15.8 Å². The van der Waals surface area contributed by atoms with Crippen molar-refractivity contribution in [3.63, 3.8) is 0 Å². The Balaban J connectivity index is 0.000000379. The summed E-state index contributed by atoms with van der Waals surface area (Å²) in [5.74, 6) is -1.49. The van der Waals surface area contributed by atoms with E-state index in [0.29, 0.717) is 23.5 Å². The highest BCUT2D eigenvalue weighted by Crippen LogP contribution is 2.39. The van der Waals surface area contributed by atoms with E-state index in [2.05, 4.69) is 14.8 Å². The first-order chi connectivity index (χ1) is 16.9. The number of nitrogens with two attached hydrogens (primary N) is 1. The number of hydrogen-bond donors (Lipinski definition) is 2. The Labute approximate surface area is 210 Å². The van der Waals surface area contributed by atoms with E-state index in [1.54, 1.807) is 23.7 Å². The second kappa shape index (κ2) is 13.1. The lowest BCUT2D eigenvalue weighted by Crippen LogP contribution is -2.38. The minimum atomic E-state index is -4.41. The first kappa shape index (κ1) is 32.1. The van der Waals surface area contributed by atoms with Crippen molar-refractivity contribution in [2.75, 3.05) is 6.61 Å². The van der Waals surface area contributed by atoms with Crippen LogP contribution < -0.4 is 11.1 Å². The molecule has 14 heteroatoms. The molecule has 3 N–H and O–H groups in total. The van der Waals surface area contributed by atoms with Crippen molar-refractivity contribution in [1.29, 1.82) is 0 Å².